The van der Waals surface area contributed by atoms with Gasteiger partial charge < -0.3 is 5.32 Å². The second-order valence-electron chi connectivity index (χ2n) is 4.01. The molecule has 1 aliphatic heterocycles. The molecule has 1 fully saturated rings. The van der Waals surface area contributed by atoms with Crippen molar-refractivity contribution >= 4 is 29.2 Å². The summed E-state index contributed by atoms with van der Waals surface area (Å²) < 4.78 is 13.5. The fraction of sp³-hybridized carbons (Fsp3) is 0.364. The quantitative estimate of drug-likeness (QED) is 0.827. The summed E-state index contributed by atoms with van der Waals surface area (Å²) in [5.74, 6) is -1.29. The van der Waals surface area contributed by atoms with Gasteiger partial charge in [0, 0.05) is 19.7 Å². The van der Waals surface area contributed by atoms with E-state index >= 15 is 0 Å². The number of hydrogen-bond acceptors (Lipinski definition) is 4. The lowest BCUT2D eigenvalue weighted by atomic mass is 10.0. The van der Waals surface area contributed by atoms with Gasteiger partial charge in [0.2, 0.25) is 5.91 Å². The Balaban J connectivity index is 2.14. The molecule has 1 aromatic rings. The first-order valence-corrected chi connectivity index (χ1v) is 5.75. The molecule has 7 heteroatoms. The summed E-state index contributed by atoms with van der Waals surface area (Å²) in [7, 11) is 1.41. The molecule has 1 saturated heterocycles. The number of halogens is 2. The van der Waals surface area contributed by atoms with Crippen molar-refractivity contribution in [3.63, 3.8) is 0 Å². The van der Waals surface area contributed by atoms with Crippen LogP contribution in [-0.2, 0) is 9.59 Å². The Hall–Kier alpha value is -1.69. The summed E-state index contributed by atoms with van der Waals surface area (Å²) in [5.41, 5.74) is 0. The van der Waals surface area contributed by atoms with Gasteiger partial charge >= 0.3 is 0 Å². The van der Waals surface area contributed by atoms with Crippen LogP contribution in [0.25, 0.3) is 0 Å². The van der Waals surface area contributed by atoms with Gasteiger partial charge in [-0.1, -0.05) is 11.6 Å². The van der Waals surface area contributed by atoms with Crippen molar-refractivity contribution < 1.29 is 14.0 Å². The van der Waals surface area contributed by atoms with Crippen LogP contribution in [0, 0.1) is 5.82 Å². The number of likely N-dealkylation sites (tertiary alicyclic amines) is 1. The maximum Gasteiger partial charge on any atom is 0.251 e. The number of nitrogens with zero attached hydrogens (tertiary/aromatic N) is 2. The van der Waals surface area contributed by atoms with Gasteiger partial charge in [0.1, 0.15) is 6.04 Å². The van der Waals surface area contributed by atoms with E-state index in [4.69, 9.17) is 11.6 Å². The van der Waals surface area contributed by atoms with E-state index in [0.29, 0.717) is 6.42 Å². The van der Waals surface area contributed by atoms with Crippen molar-refractivity contribution in [2.24, 2.45) is 0 Å². The molecular weight excluding hydrogens is 261 g/mol. The molecule has 2 heterocycles. The van der Waals surface area contributed by atoms with Crippen LogP contribution in [0.3, 0.4) is 0 Å². The van der Waals surface area contributed by atoms with Gasteiger partial charge in [0.05, 0.1) is 5.02 Å². The zero-order valence-electron chi connectivity index (χ0n) is 9.61. The molecular formula is C11H11ClFN3O2. The first kappa shape index (κ1) is 12.8. The van der Waals surface area contributed by atoms with Crippen molar-refractivity contribution in [1.29, 1.82) is 0 Å². The van der Waals surface area contributed by atoms with E-state index in [9.17, 15) is 14.0 Å². The molecule has 1 aliphatic rings. The van der Waals surface area contributed by atoms with Crippen molar-refractivity contribution in [3.05, 3.63) is 23.1 Å². The summed E-state index contributed by atoms with van der Waals surface area (Å²) in [4.78, 5) is 27.9. The maximum absolute atomic E-state index is 13.5. The van der Waals surface area contributed by atoms with Gasteiger partial charge in [-0.15, -0.1) is 0 Å². The number of nitrogens with one attached hydrogen (secondary N) is 1. The molecule has 1 N–H and O–H groups in total. The van der Waals surface area contributed by atoms with E-state index in [1.165, 1.54) is 13.2 Å². The predicted molar refractivity (Wildman–Crippen MR) is 63.6 cm³/mol. The minimum atomic E-state index is -0.643. The molecule has 5 nitrogen and oxygen atoms in total. The summed E-state index contributed by atoms with van der Waals surface area (Å²) in [6.45, 7) is 0. The first-order chi connectivity index (χ1) is 8.49. The Kier molecular flexibility index (Phi) is 3.47. The fourth-order valence-electron chi connectivity index (χ4n) is 1.74. The van der Waals surface area contributed by atoms with Crippen LogP contribution in [0.5, 0.6) is 0 Å². The largest absolute Gasteiger partial charge is 0.356 e. The van der Waals surface area contributed by atoms with Crippen LogP contribution in [-0.4, -0.2) is 34.8 Å². The average Bonchev–Trinajstić information content (AvgIpc) is 2.33. The highest BCUT2D eigenvalue weighted by atomic mass is 35.5. The zero-order valence-corrected chi connectivity index (χ0v) is 10.4. The number of amides is 2. The number of pyridine rings is 1. The Morgan fingerprint density at radius 2 is 2.28 bits per heavy atom. The highest BCUT2D eigenvalue weighted by Gasteiger charge is 2.32. The molecule has 2 amide bonds. The summed E-state index contributed by atoms with van der Waals surface area (Å²) >= 11 is 5.58. The zero-order chi connectivity index (χ0) is 13.3. The third kappa shape index (κ3) is 2.43. The molecule has 18 heavy (non-hydrogen) atoms. The van der Waals surface area contributed by atoms with E-state index in [1.54, 1.807) is 0 Å². The number of anilines is 1. The van der Waals surface area contributed by atoms with Crippen molar-refractivity contribution in [2.45, 2.75) is 18.9 Å². The molecule has 1 atom stereocenters. The third-order valence-electron chi connectivity index (χ3n) is 2.77. The fourth-order valence-corrected chi connectivity index (χ4v) is 1.88. The molecule has 0 saturated carbocycles. The molecule has 1 unspecified atom stereocenters. The molecule has 2 rings (SSSR count). The van der Waals surface area contributed by atoms with E-state index in [0.717, 1.165) is 11.0 Å². The van der Waals surface area contributed by atoms with E-state index in [1.807, 2.05) is 0 Å². The third-order valence-corrected chi connectivity index (χ3v) is 2.98. The van der Waals surface area contributed by atoms with E-state index in [-0.39, 0.29) is 29.1 Å². The second kappa shape index (κ2) is 4.89. The van der Waals surface area contributed by atoms with Gasteiger partial charge in [-0.3, -0.25) is 14.5 Å². The maximum atomic E-state index is 13.5. The number of piperidine rings is 1. The monoisotopic (exact) mass is 271 g/mol. The number of aromatic nitrogens is 1. The Bertz CT molecular complexity index is 509. The highest BCUT2D eigenvalue weighted by Crippen LogP contribution is 2.20. The lowest BCUT2D eigenvalue weighted by Gasteiger charge is -2.28. The Morgan fingerprint density at radius 1 is 1.56 bits per heavy atom. The summed E-state index contributed by atoms with van der Waals surface area (Å²) in [6.07, 6.45) is 1.86. The lowest BCUT2D eigenvalue weighted by molar-refractivity contribution is -0.146. The number of carbonyl (C=O) groups is 2. The number of carbonyl (C=O) groups excluding carboxylic acids is 2. The van der Waals surface area contributed by atoms with Gasteiger partial charge in [-0.2, -0.15) is 0 Å². The van der Waals surface area contributed by atoms with Crippen LogP contribution in [0.1, 0.15) is 12.8 Å². The SMILES string of the molecule is CN1C(=O)CCC(Nc2ncc(Cl)cc2F)C1=O. The van der Waals surface area contributed by atoms with Crippen molar-refractivity contribution in [1.82, 2.24) is 9.88 Å². The smallest absolute Gasteiger partial charge is 0.251 e. The van der Waals surface area contributed by atoms with Crippen LogP contribution in [0.15, 0.2) is 12.3 Å². The standard InChI is InChI=1S/C11H11ClFN3O2/c1-16-9(17)3-2-8(11(16)18)15-10-7(13)4-6(12)5-14-10/h4-5,8H,2-3H2,1H3,(H,14,15). The average molecular weight is 272 g/mol. The predicted octanol–water partition coefficient (Wildman–Crippen LogP) is 1.43. The summed E-state index contributed by atoms with van der Waals surface area (Å²) in [5, 5.41) is 2.87. The van der Waals surface area contributed by atoms with Crippen LogP contribution < -0.4 is 5.32 Å². The van der Waals surface area contributed by atoms with Crippen molar-refractivity contribution in [3.8, 4) is 0 Å². The highest BCUT2D eigenvalue weighted by molar-refractivity contribution is 6.30. The Morgan fingerprint density at radius 3 is 2.94 bits per heavy atom. The second-order valence-corrected chi connectivity index (χ2v) is 4.45. The number of hydrogen-bond donors (Lipinski definition) is 1. The number of imide groups is 1. The number of rotatable bonds is 2. The summed E-state index contributed by atoms with van der Waals surface area (Å²) in [6, 6.07) is 0.467. The topological polar surface area (TPSA) is 62.3 Å². The Labute approximate surface area is 108 Å². The minimum absolute atomic E-state index is 0.0412. The molecule has 1 aromatic heterocycles. The molecule has 0 radical (unpaired) electrons. The normalized spacial score (nSPS) is 20.2. The van der Waals surface area contributed by atoms with E-state index in [2.05, 4.69) is 10.3 Å². The number of likely N-dealkylation sites (N-methyl/N-ethyl adjacent to an activating group) is 1. The van der Waals surface area contributed by atoms with Crippen LogP contribution >= 0.6 is 11.6 Å². The lowest BCUT2D eigenvalue weighted by Crippen LogP contribution is -2.48. The minimum Gasteiger partial charge on any atom is -0.356 e. The molecule has 96 valence electrons. The van der Waals surface area contributed by atoms with Gasteiger partial charge in [0.25, 0.3) is 5.91 Å². The van der Waals surface area contributed by atoms with Crippen LogP contribution in [0.4, 0.5) is 10.2 Å². The van der Waals surface area contributed by atoms with Gasteiger partial charge in [0.15, 0.2) is 11.6 Å². The first-order valence-electron chi connectivity index (χ1n) is 5.37. The molecule has 0 aromatic carbocycles. The van der Waals surface area contributed by atoms with E-state index < -0.39 is 11.9 Å². The van der Waals surface area contributed by atoms with Gasteiger partial charge in [-0.25, -0.2) is 9.37 Å². The van der Waals surface area contributed by atoms with Crippen LogP contribution in [0.2, 0.25) is 5.02 Å². The molecule has 0 bridgehead atoms. The van der Waals surface area contributed by atoms with Crippen molar-refractivity contribution in [2.75, 3.05) is 12.4 Å². The van der Waals surface area contributed by atoms with Gasteiger partial charge in [-0.05, 0) is 12.5 Å². The molecule has 0 spiro atoms. The molecule has 0 aliphatic carbocycles.